The number of nitrogens with two attached hydrogens (primary N) is 1. The first-order chi connectivity index (χ1) is 9.15. The van der Waals surface area contributed by atoms with Gasteiger partial charge in [0.05, 0.1) is 0 Å². The van der Waals surface area contributed by atoms with E-state index in [-0.39, 0.29) is 6.04 Å². The zero-order chi connectivity index (χ0) is 13.7. The van der Waals surface area contributed by atoms with Gasteiger partial charge in [-0.1, -0.05) is 42.0 Å². The molecule has 0 saturated carbocycles. The Kier molecular flexibility index (Phi) is 5.06. The molecule has 0 aliphatic rings. The summed E-state index contributed by atoms with van der Waals surface area (Å²) in [6, 6.07) is 17.3. The van der Waals surface area contributed by atoms with Gasteiger partial charge in [-0.3, -0.25) is 0 Å². The van der Waals surface area contributed by atoms with E-state index in [1.165, 1.54) is 21.6 Å². The Morgan fingerprint density at radius 3 is 2.58 bits per heavy atom. The topological polar surface area (TPSA) is 26.0 Å². The lowest BCUT2D eigenvalue weighted by Crippen LogP contribution is -2.25. The van der Waals surface area contributed by atoms with Crippen molar-refractivity contribution < 1.29 is 0 Å². The molecule has 0 aromatic heterocycles. The Balaban J connectivity index is 1.88. The summed E-state index contributed by atoms with van der Waals surface area (Å²) in [5.74, 6) is 0.956. The van der Waals surface area contributed by atoms with Gasteiger partial charge in [-0.15, -0.1) is 11.8 Å². The third kappa shape index (κ3) is 4.41. The molecule has 2 N–H and O–H groups in total. The van der Waals surface area contributed by atoms with Crippen LogP contribution in [0, 0.1) is 13.8 Å². The highest BCUT2D eigenvalue weighted by Gasteiger charge is 2.07. The number of hydrogen-bond donors (Lipinski definition) is 1. The van der Waals surface area contributed by atoms with E-state index in [1.807, 2.05) is 11.8 Å². The highest BCUT2D eigenvalue weighted by Crippen LogP contribution is 2.20. The number of hydrogen-bond acceptors (Lipinski definition) is 2. The van der Waals surface area contributed by atoms with Gasteiger partial charge in [0.25, 0.3) is 0 Å². The molecule has 1 nitrogen and oxygen atoms in total. The molecule has 100 valence electrons. The molecule has 19 heavy (non-hydrogen) atoms. The predicted octanol–water partition coefficient (Wildman–Crippen LogP) is 3.97. The lowest BCUT2D eigenvalue weighted by atomic mass is 10.0. The van der Waals surface area contributed by atoms with Crippen LogP contribution in [0.15, 0.2) is 53.4 Å². The highest BCUT2D eigenvalue weighted by molar-refractivity contribution is 7.99. The summed E-state index contributed by atoms with van der Waals surface area (Å²) in [7, 11) is 0. The lowest BCUT2D eigenvalue weighted by Gasteiger charge is -2.13. The zero-order valence-corrected chi connectivity index (χ0v) is 12.4. The van der Waals surface area contributed by atoms with Crippen molar-refractivity contribution in [3.8, 4) is 0 Å². The van der Waals surface area contributed by atoms with Crippen molar-refractivity contribution in [2.75, 3.05) is 5.75 Å². The van der Waals surface area contributed by atoms with E-state index in [9.17, 15) is 0 Å². The minimum atomic E-state index is 0.201. The molecule has 0 amide bonds. The van der Waals surface area contributed by atoms with Crippen LogP contribution in [0.1, 0.15) is 16.7 Å². The summed E-state index contributed by atoms with van der Waals surface area (Å²) in [4.78, 5) is 1.31. The molecule has 0 heterocycles. The Labute approximate surface area is 120 Å². The minimum Gasteiger partial charge on any atom is -0.327 e. The summed E-state index contributed by atoms with van der Waals surface area (Å²) in [5, 5.41) is 0. The van der Waals surface area contributed by atoms with Gasteiger partial charge >= 0.3 is 0 Å². The second-order valence-electron chi connectivity index (χ2n) is 5.02. The van der Waals surface area contributed by atoms with Crippen LogP contribution in [0.25, 0.3) is 0 Å². The van der Waals surface area contributed by atoms with Gasteiger partial charge < -0.3 is 5.73 Å². The van der Waals surface area contributed by atoms with Gasteiger partial charge in [0.15, 0.2) is 0 Å². The average molecular weight is 271 g/mol. The molecule has 1 unspecified atom stereocenters. The Morgan fingerprint density at radius 1 is 1.05 bits per heavy atom. The number of benzene rings is 2. The number of rotatable bonds is 5. The van der Waals surface area contributed by atoms with E-state index in [2.05, 4.69) is 62.4 Å². The molecule has 0 fully saturated rings. The summed E-state index contributed by atoms with van der Waals surface area (Å²) >= 11 is 1.84. The van der Waals surface area contributed by atoms with Gasteiger partial charge in [0.2, 0.25) is 0 Å². The van der Waals surface area contributed by atoms with Crippen molar-refractivity contribution in [1.82, 2.24) is 0 Å². The molecular weight excluding hydrogens is 250 g/mol. The van der Waals surface area contributed by atoms with Gasteiger partial charge in [0.1, 0.15) is 0 Å². The fraction of sp³-hybridized carbons (Fsp3) is 0.294. The van der Waals surface area contributed by atoms with E-state index in [1.54, 1.807) is 0 Å². The SMILES string of the molecule is Cc1cccc(SCC(N)Cc2ccccc2C)c1. The standard InChI is InChI=1S/C17H21NS/c1-13-6-5-9-17(10-13)19-12-16(18)11-15-8-4-3-7-14(15)2/h3-10,16H,11-12,18H2,1-2H3. The van der Waals surface area contributed by atoms with E-state index >= 15 is 0 Å². The third-order valence-corrected chi connectivity index (χ3v) is 4.38. The molecule has 0 spiro atoms. The van der Waals surface area contributed by atoms with Gasteiger partial charge in [-0.25, -0.2) is 0 Å². The van der Waals surface area contributed by atoms with E-state index in [0.717, 1.165) is 12.2 Å². The number of aryl methyl sites for hydroxylation is 2. The predicted molar refractivity (Wildman–Crippen MR) is 84.8 cm³/mol. The van der Waals surface area contributed by atoms with Gasteiger partial charge in [-0.05, 0) is 43.5 Å². The lowest BCUT2D eigenvalue weighted by molar-refractivity contribution is 0.745. The third-order valence-electron chi connectivity index (χ3n) is 3.20. The average Bonchev–Trinajstić information content (AvgIpc) is 2.39. The maximum absolute atomic E-state index is 6.24. The molecular formula is C17H21NS. The molecule has 0 bridgehead atoms. The first kappa shape index (κ1) is 14.2. The van der Waals surface area contributed by atoms with Crippen molar-refractivity contribution in [3.05, 3.63) is 65.2 Å². The van der Waals surface area contributed by atoms with E-state index < -0.39 is 0 Å². The molecule has 2 aromatic rings. The maximum Gasteiger partial charge on any atom is 0.0174 e. The van der Waals surface area contributed by atoms with Crippen molar-refractivity contribution in [3.63, 3.8) is 0 Å². The molecule has 2 aromatic carbocycles. The summed E-state index contributed by atoms with van der Waals surface area (Å²) in [5.41, 5.74) is 10.2. The van der Waals surface area contributed by atoms with Crippen LogP contribution < -0.4 is 5.73 Å². The van der Waals surface area contributed by atoms with Crippen molar-refractivity contribution in [1.29, 1.82) is 0 Å². The monoisotopic (exact) mass is 271 g/mol. The van der Waals surface area contributed by atoms with Crippen LogP contribution >= 0.6 is 11.8 Å². The summed E-state index contributed by atoms with van der Waals surface area (Å²) in [6.45, 7) is 4.27. The van der Waals surface area contributed by atoms with Crippen LogP contribution in [0.2, 0.25) is 0 Å². The molecule has 0 aliphatic heterocycles. The smallest absolute Gasteiger partial charge is 0.0174 e. The summed E-state index contributed by atoms with van der Waals surface area (Å²) in [6.07, 6.45) is 0.950. The van der Waals surface area contributed by atoms with E-state index in [0.29, 0.717) is 0 Å². The Morgan fingerprint density at radius 2 is 1.84 bits per heavy atom. The second kappa shape index (κ2) is 6.78. The van der Waals surface area contributed by atoms with Gasteiger partial charge in [0, 0.05) is 16.7 Å². The van der Waals surface area contributed by atoms with Crippen LogP contribution in [-0.2, 0) is 6.42 Å². The first-order valence-corrected chi connectivity index (χ1v) is 7.63. The van der Waals surface area contributed by atoms with Crippen molar-refractivity contribution in [2.24, 2.45) is 5.73 Å². The van der Waals surface area contributed by atoms with Crippen molar-refractivity contribution in [2.45, 2.75) is 31.2 Å². The highest BCUT2D eigenvalue weighted by atomic mass is 32.2. The molecule has 0 aliphatic carbocycles. The van der Waals surface area contributed by atoms with Crippen LogP contribution in [0.5, 0.6) is 0 Å². The Hall–Kier alpha value is -1.25. The second-order valence-corrected chi connectivity index (χ2v) is 6.11. The molecule has 0 radical (unpaired) electrons. The maximum atomic E-state index is 6.24. The minimum absolute atomic E-state index is 0.201. The normalized spacial score (nSPS) is 12.4. The largest absolute Gasteiger partial charge is 0.327 e. The molecule has 0 saturated heterocycles. The van der Waals surface area contributed by atoms with Crippen LogP contribution in [0.4, 0.5) is 0 Å². The van der Waals surface area contributed by atoms with Crippen molar-refractivity contribution >= 4 is 11.8 Å². The van der Waals surface area contributed by atoms with Crippen LogP contribution in [-0.4, -0.2) is 11.8 Å². The quantitative estimate of drug-likeness (QED) is 0.833. The molecule has 1 atom stereocenters. The first-order valence-electron chi connectivity index (χ1n) is 6.64. The molecule has 2 rings (SSSR count). The zero-order valence-electron chi connectivity index (χ0n) is 11.6. The van der Waals surface area contributed by atoms with Gasteiger partial charge in [-0.2, -0.15) is 0 Å². The fourth-order valence-corrected chi connectivity index (χ4v) is 3.06. The number of thioether (sulfide) groups is 1. The molecule has 2 heteroatoms. The Bertz CT molecular complexity index is 536. The van der Waals surface area contributed by atoms with Crippen LogP contribution in [0.3, 0.4) is 0 Å². The van der Waals surface area contributed by atoms with E-state index in [4.69, 9.17) is 5.73 Å². The fourth-order valence-electron chi connectivity index (χ4n) is 2.09. The summed E-state index contributed by atoms with van der Waals surface area (Å²) < 4.78 is 0.